The van der Waals surface area contributed by atoms with Crippen molar-refractivity contribution in [3.63, 3.8) is 0 Å². The molecule has 0 fully saturated rings. The summed E-state index contributed by atoms with van der Waals surface area (Å²) < 4.78 is 0. The molecule has 1 heterocycles. The molecule has 0 spiro atoms. The highest BCUT2D eigenvalue weighted by Gasteiger charge is 2.09. The maximum Gasteiger partial charge on any atom is 0.188 e. The average molecular weight is 426 g/mol. The van der Waals surface area contributed by atoms with Crippen LogP contribution in [0, 0.1) is 0 Å². The lowest BCUT2D eigenvalue weighted by atomic mass is 10.0. The van der Waals surface area contributed by atoms with Crippen molar-refractivity contribution in [1.29, 1.82) is 0 Å². The third-order valence-corrected chi connectivity index (χ3v) is 3.39. The van der Waals surface area contributed by atoms with Crippen LogP contribution in [0.3, 0.4) is 0 Å². The molecule has 0 aliphatic carbocycles. The second kappa shape index (κ2) is 11.0. The Morgan fingerprint density at radius 2 is 1.91 bits per heavy atom. The third-order valence-electron chi connectivity index (χ3n) is 3.39. The number of halogens is 1. The largest absolute Gasteiger partial charge is 0.396 e. The first-order chi connectivity index (χ1) is 10.8. The predicted molar refractivity (Wildman–Crippen MR) is 104 cm³/mol. The summed E-state index contributed by atoms with van der Waals surface area (Å²) in [7, 11) is 0. The molecule has 124 valence electrons. The predicted octanol–water partition coefficient (Wildman–Crippen LogP) is 1.92. The molecule has 0 aliphatic rings. The van der Waals surface area contributed by atoms with Crippen molar-refractivity contribution in [1.82, 2.24) is 10.3 Å². The Morgan fingerprint density at radius 3 is 2.57 bits per heavy atom. The molecule has 0 saturated heterocycles. The molecule has 2 aromatic rings. The van der Waals surface area contributed by atoms with Gasteiger partial charge in [-0.25, -0.2) is 0 Å². The number of hydrogen-bond donors (Lipinski definition) is 3. The molecule has 0 saturated carbocycles. The lowest BCUT2D eigenvalue weighted by Gasteiger charge is -2.12. The van der Waals surface area contributed by atoms with Crippen LogP contribution in [0.2, 0.25) is 0 Å². The van der Waals surface area contributed by atoms with Gasteiger partial charge in [0.1, 0.15) is 0 Å². The summed E-state index contributed by atoms with van der Waals surface area (Å²) >= 11 is 0. The van der Waals surface area contributed by atoms with Crippen LogP contribution >= 0.6 is 24.0 Å². The van der Waals surface area contributed by atoms with E-state index in [4.69, 9.17) is 5.73 Å². The van der Waals surface area contributed by atoms with Gasteiger partial charge in [-0.15, -0.1) is 24.0 Å². The molecule has 2 rings (SSSR count). The summed E-state index contributed by atoms with van der Waals surface area (Å²) in [5, 5.41) is 12.5. The Labute approximate surface area is 154 Å². The van der Waals surface area contributed by atoms with Crippen LogP contribution in [0.15, 0.2) is 59.7 Å². The number of nitrogens with two attached hydrogens (primary N) is 1. The second-order valence-electron chi connectivity index (χ2n) is 5.01. The van der Waals surface area contributed by atoms with E-state index in [9.17, 15) is 5.11 Å². The molecule has 0 aliphatic heterocycles. The number of aliphatic hydroxyl groups is 1. The minimum Gasteiger partial charge on any atom is -0.396 e. The van der Waals surface area contributed by atoms with E-state index in [0.29, 0.717) is 19.0 Å². The number of rotatable bonds is 7. The first-order valence-corrected chi connectivity index (χ1v) is 7.39. The lowest BCUT2D eigenvalue weighted by molar-refractivity contribution is 0.268. The topological polar surface area (TPSA) is 83.5 Å². The summed E-state index contributed by atoms with van der Waals surface area (Å²) in [6.45, 7) is 1.19. The maximum atomic E-state index is 9.48. The fourth-order valence-corrected chi connectivity index (χ4v) is 2.12. The molecule has 1 aromatic carbocycles. The number of nitrogens with one attached hydrogen (secondary N) is 1. The van der Waals surface area contributed by atoms with Crippen LogP contribution < -0.4 is 11.1 Å². The number of nitrogens with zero attached hydrogens (tertiary/aromatic N) is 2. The van der Waals surface area contributed by atoms with Crippen LogP contribution in [0.25, 0.3) is 0 Å². The van der Waals surface area contributed by atoms with Crippen molar-refractivity contribution in [3.05, 3.63) is 66.0 Å². The number of hydrogen-bond acceptors (Lipinski definition) is 3. The van der Waals surface area contributed by atoms with E-state index in [2.05, 4.69) is 15.3 Å². The van der Waals surface area contributed by atoms with Gasteiger partial charge in [-0.05, 0) is 17.7 Å². The number of aliphatic imine (C=N–C) groups is 1. The fourth-order valence-electron chi connectivity index (χ4n) is 2.12. The molecule has 1 aromatic heterocycles. The van der Waals surface area contributed by atoms with Crippen LogP contribution in [-0.2, 0) is 6.42 Å². The zero-order chi connectivity index (χ0) is 15.6. The van der Waals surface area contributed by atoms with Crippen molar-refractivity contribution < 1.29 is 5.11 Å². The van der Waals surface area contributed by atoms with Gasteiger partial charge < -0.3 is 16.2 Å². The van der Waals surface area contributed by atoms with Crippen molar-refractivity contribution in [2.75, 3.05) is 19.7 Å². The highest BCUT2D eigenvalue weighted by Crippen LogP contribution is 2.14. The summed E-state index contributed by atoms with van der Waals surface area (Å²) in [5.74, 6) is 0.364. The number of aliphatic hydroxyl groups excluding tert-OH is 1. The Balaban J connectivity index is 0.00000264. The lowest BCUT2D eigenvalue weighted by Crippen LogP contribution is -2.34. The van der Waals surface area contributed by atoms with Crippen LogP contribution in [0.4, 0.5) is 0 Å². The Bertz CT molecular complexity index is 578. The average Bonchev–Trinajstić information content (AvgIpc) is 2.57. The molecule has 0 amide bonds. The second-order valence-corrected chi connectivity index (χ2v) is 5.01. The minimum atomic E-state index is -0.0302. The Hall–Kier alpha value is -1.67. The standard InChI is InChI=1S/C17H22N4O.HI/c18-17(20-11-9-16-8-4-5-10-19-16)21-12-15(13-22)14-6-2-1-3-7-14;/h1-8,10,15,22H,9,11-13H2,(H3,18,20,21);1H. The van der Waals surface area contributed by atoms with Gasteiger partial charge in [0.05, 0.1) is 13.2 Å². The Kier molecular flexibility index (Phi) is 9.23. The van der Waals surface area contributed by atoms with Crippen molar-refractivity contribution in [2.24, 2.45) is 10.7 Å². The molecule has 1 atom stereocenters. The van der Waals surface area contributed by atoms with Crippen LogP contribution in [0.1, 0.15) is 17.2 Å². The Morgan fingerprint density at radius 1 is 1.17 bits per heavy atom. The van der Waals surface area contributed by atoms with Crippen molar-refractivity contribution >= 4 is 29.9 Å². The smallest absolute Gasteiger partial charge is 0.188 e. The first kappa shape index (κ1) is 19.4. The molecule has 6 heteroatoms. The van der Waals surface area contributed by atoms with Gasteiger partial charge in [0.15, 0.2) is 5.96 Å². The van der Waals surface area contributed by atoms with Gasteiger partial charge in [0.25, 0.3) is 0 Å². The van der Waals surface area contributed by atoms with E-state index in [1.54, 1.807) is 6.20 Å². The van der Waals surface area contributed by atoms with E-state index in [-0.39, 0.29) is 36.5 Å². The summed E-state index contributed by atoms with van der Waals surface area (Å²) in [6.07, 6.45) is 2.57. The molecule has 23 heavy (non-hydrogen) atoms. The van der Waals surface area contributed by atoms with E-state index in [0.717, 1.165) is 17.7 Å². The number of benzene rings is 1. The first-order valence-electron chi connectivity index (χ1n) is 7.39. The minimum absolute atomic E-state index is 0. The maximum absolute atomic E-state index is 9.48. The summed E-state index contributed by atoms with van der Waals surface area (Å²) in [5.41, 5.74) is 7.93. The monoisotopic (exact) mass is 426 g/mol. The number of pyridine rings is 1. The van der Waals surface area contributed by atoms with E-state index < -0.39 is 0 Å². The van der Waals surface area contributed by atoms with E-state index in [1.807, 2.05) is 48.5 Å². The van der Waals surface area contributed by atoms with Gasteiger partial charge in [-0.1, -0.05) is 36.4 Å². The zero-order valence-electron chi connectivity index (χ0n) is 12.9. The SMILES string of the molecule is I.NC(=NCC(CO)c1ccccc1)NCCc1ccccn1. The molecular formula is C17H23IN4O. The zero-order valence-corrected chi connectivity index (χ0v) is 15.3. The van der Waals surface area contributed by atoms with Gasteiger partial charge in [-0.2, -0.15) is 0 Å². The van der Waals surface area contributed by atoms with Gasteiger partial charge in [0.2, 0.25) is 0 Å². The molecular weight excluding hydrogens is 403 g/mol. The van der Waals surface area contributed by atoms with Gasteiger partial charge in [0, 0.05) is 30.8 Å². The quantitative estimate of drug-likeness (QED) is 0.359. The van der Waals surface area contributed by atoms with Gasteiger partial charge >= 0.3 is 0 Å². The van der Waals surface area contributed by atoms with Crippen molar-refractivity contribution in [2.45, 2.75) is 12.3 Å². The van der Waals surface area contributed by atoms with Crippen LogP contribution in [-0.4, -0.2) is 35.7 Å². The summed E-state index contributed by atoms with van der Waals surface area (Å²) in [4.78, 5) is 8.55. The van der Waals surface area contributed by atoms with Crippen LogP contribution in [0.5, 0.6) is 0 Å². The van der Waals surface area contributed by atoms with E-state index >= 15 is 0 Å². The molecule has 0 radical (unpaired) electrons. The highest BCUT2D eigenvalue weighted by atomic mass is 127. The fraction of sp³-hybridized carbons (Fsp3) is 0.294. The molecule has 0 bridgehead atoms. The highest BCUT2D eigenvalue weighted by molar-refractivity contribution is 14.0. The number of aromatic nitrogens is 1. The molecule has 4 N–H and O–H groups in total. The van der Waals surface area contributed by atoms with Gasteiger partial charge in [-0.3, -0.25) is 9.98 Å². The van der Waals surface area contributed by atoms with E-state index in [1.165, 1.54) is 0 Å². The molecule has 5 nitrogen and oxygen atoms in total. The van der Waals surface area contributed by atoms with Crippen molar-refractivity contribution in [3.8, 4) is 0 Å². The molecule has 1 unspecified atom stereocenters. The third kappa shape index (κ3) is 6.96. The normalized spacial score (nSPS) is 12.3. The number of guanidine groups is 1. The summed E-state index contributed by atoms with van der Waals surface area (Å²) in [6, 6.07) is 15.7.